The molecule has 31 heavy (non-hydrogen) atoms. The maximum absolute atomic E-state index is 13.0. The minimum atomic E-state index is -0.0693. The molecule has 0 saturated heterocycles. The van der Waals surface area contributed by atoms with E-state index in [2.05, 4.69) is 34.4 Å². The molecular formula is C26H26N4O. The van der Waals surface area contributed by atoms with Gasteiger partial charge in [0.05, 0.1) is 16.8 Å². The number of para-hydroxylation sites is 2. The third-order valence-electron chi connectivity index (χ3n) is 5.32. The highest BCUT2D eigenvalue weighted by Crippen LogP contribution is 2.24. The van der Waals surface area contributed by atoms with Crippen molar-refractivity contribution >= 4 is 22.5 Å². The highest BCUT2D eigenvalue weighted by molar-refractivity contribution is 6.07. The van der Waals surface area contributed by atoms with Crippen LogP contribution in [0.2, 0.25) is 0 Å². The molecule has 0 aliphatic heterocycles. The number of nitrogens with one attached hydrogen (secondary N) is 1. The summed E-state index contributed by atoms with van der Waals surface area (Å²) < 4.78 is 0. The van der Waals surface area contributed by atoms with Crippen molar-refractivity contribution in [1.82, 2.24) is 15.3 Å². The van der Waals surface area contributed by atoms with Gasteiger partial charge in [-0.2, -0.15) is 0 Å². The number of aromatic nitrogens is 2. The van der Waals surface area contributed by atoms with Crippen LogP contribution < -0.4 is 10.2 Å². The van der Waals surface area contributed by atoms with E-state index in [1.807, 2.05) is 60.7 Å². The second kappa shape index (κ2) is 9.85. The van der Waals surface area contributed by atoms with Crippen LogP contribution in [-0.2, 0) is 0 Å². The highest BCUT2D eigenvalue weighted by Gasteiger charge is 2.13. The predicted octanol–water partition coefficient (Wildman–Crippen LogP) is 4.94. The van der Waals surface area contributed by atoms with Crippen LogP contribution in [0.4, 0.5) is 5.69 Å². The number of carbonyl (C=O) groups is 1. The standard InChI is InChI=1S/C26H26N4O/c1-30(21-11-3-2-4-12-21)17-8-7-16-28-26(31)23-18-25(20-10-9-15-27-19-20)29-24-14-6-5-13-22(23)24/h2-6,9-15,18-19H,7-8,16-17H2,1H3,(H,28,31). The van der Waals surface area contributed by atoms with Gasteiger partial charge in [0.25, 0.3) is 5.91 Å². The number of hydrogen-bond donors (Lipinski definition) is 1. The Bertz CT molecular complexity index is 1150. The first-order chi connectivity index (χ1) is 15.2. The average Bonchev–Trinajstić information content (AvgIpc) is 2.84. The monoisotopic (exact) mass is 410 g/mol. The highest BCUT2D eigenvalue weighted by atomic mass is 16.1. The Kier molecular flexibility index (Phi) is 6.53. The molecule has 1 amide bonds. The van der Waals surface area contributed by atoms with E-state index in [1.165, 1.54) is 5.69 Å². The third kappa shape index (κ3) is 5.07. The Balaban J connectivity index is 1.40. The number of rotatable bonds is 8. The van der Waals surface area contributed by atoms with Crippen LogP contribution in [0.5, 0.6) is 0 Å². The average molecular weight is 411 g/mol. The van der Waals surface area contributed by atoms with Gasteiger partial charge in [-0.1, -0.05) is 36.4 Å². The van der Waals surface area contributed by atoms with E-state index < -0.39 is 0 Å². The Morgan fingerprint density at radius 3 is 2.58 bits per heavy atom. The van der Waals surface area contributed by atoms with Crippen molar-refractivity contribution in [2.75, 3.05) is 25.0 Å². The number of pyridine rings is 2. The summed E-state index contributed by atoms with van der Waals surface area (Å²) in [6.07, 6.45) is 5.42. The van der Waals surface area contributed by atoms with E-state index in [0.717, 1.165) is 41.5 Å². The summed E-state index contributed by atoms with van der Waals surface area (Å²) in [5.74, 6) is -0.0693. The number of unbranched alkanes of at least 4 members (excludes halogenated alkanes) is 1. The molecule has 2 aromatic heterocycles. The van der Waals surface area contributed by atoms with Gasteiger partial charge in [0.2, 0.25) is 0 Å². The van der Waals surface area contributed by atoms with Crippen LogP contribution in [-0.4, -0.2) is 36.0 Å². The summed E-state index contributed by atoms with van der Waals surface area (Å²) in [7, 11) is 2.09. The van der Waals surface area contributed by atoms with Crippen molar-refractivity contribution in [3.8, 4) is 11.3 Å². The molecule has 0 bridgehead atoms. The van der Waals surface area contributed by atoms with Gasteiger partial charge in [-0.05, 0) is 49.2 Å². The fourth-order valence-corrected chi connectivity index (χ4v) is 3.61. The number of anilines is 1. The maximum Gasteiger partial charge on any atom is 0.252 e. The molecule has 4 rings (SSSR count). The second-order valence-corrected chi connectivity index (χ2v) is 7.53. The Morgan fingerprint density at radius 2 is 1.77 bits per heavy atom. The normalized spacial score (nSPS) is 10.7. The minimum Gasteiger partial charge on any atom is -0.375 e. The summed E-state index contributed by atoms with van der Waals surface area (Å²) in [5, 5.41) is 3.94. The Morgan fingerprint density at radius 1 is 0.968 bits per heavy atom. The van der Waals surface area contributed by atoms with Gasteiger partial charge < -0.3 is 10.2 Å². The van der Waals surface area contributed by atoms with E-state index >= 15 is 0 Å². The molecule has 4 aromatic rings. The first-order valence-corrected chi connectivity index (χ1v) is 10.6. The zero-order valence-corrected chi connectivity index (χ0v) is 17.7. The van der Waals surface area contributed by atoms with Crippen LogP contribution in [0.15, 0.2) is 85.2 Å². The van der Waals surface area contributed by atoms with E-state index in [1.54, 1.807) is 12.4 Å². The van der Waals surface area contributed by atoms with Crippen LogP contribution >= 0.6 is 0 Å². The van der Waals surface area contributed by atoms with Gasteiger partial charge in [0.1, 0.15) is 0 Å². The van der Waals surface area contributed by atoms with Crippen molar-refractivity contribution in [2.45, 2.75) is 12.8 Å². The van der Waals surface area contributed by atoms with E-state index in [4.69, 9.17) is 4.98 Å². The Labute approximate surface area is 182 Å². The lowest BCUT2D eigenvalue weighted by molar-refractivity contribution is 0.0954. The first-order valence-electron chi connectivity index (χ1n) is 10.6. The SMILES string of the molecule is CN(CCCCNC(=O)c1cc(-c2cccnc2)nc2ccccc12)c1ccccc1. The summed E-state index contributed by atoms with van der Waals surface area (Å²) in [4.78, 5) is 24.1. The number of hydrogen-bond acceptors (Lipinski definition) is 4. The smallest absolute Gasteiger partial charge is 0.252 e. The van der Waals surface area contributed by atoms with E-state index in [0.29, 0.717) is 12.1 Å². The maximum atomic E-state index is 13.0. The molecule has 156 valence electrons. The lowest BCUT2D eigenvalue weighted by Crippen LogP contribution is -2.26. The zero-order valence-electron chi connectivity index (χ0n) is 17.7. The van der Waals surface area contributed by atoms with Gasteiger partial charge in [0, 0.05) is 49.2 Å². The summed E-state index contributed by atoms with van der Waals surface area (Å²) in [5.41, 5.74) is 4.30. The first kappa shape index (κ1) is 20.5. The molecule has 2 heterocycles. The quantitative estimate of drug-likeness (QED) is 0.418. The van der Waals surface area contributed by atoms with Crippen LogP contribution in [0.3, 0.4) is 0 Å². The van der Waals surface area contributed by atoms with Gasteiger partial charge >= 0.3 is 0 Å². The number of amides is 1. The van der Waals surface area contributed by atoms with Gasteiger partial charge in [0.15, 0.2) is 0 Å². The second-order valence-electron chi connectivity index (χ2n) is 7.53. The molecule has 0 spiro atoms. The fourth-order valence-electron chi connectivity index (χ4n) is 3.61. The fraction of sp³-hybridized carbons (Fsp3) is 0.192. The minimum absolute atomic E-state index is 0.0693. The lowest BCUT2D eigenvalue weighted by Gasteiger charge is -2.19. The predicted molar refractivity (Wildman–Crippen MR) is 126 cm³/mol. The van der Waals surface area contributed by atoms with E-state index in [9.17, 15) is 4.79 Å². The van der Waals surface area contributed by atoms with Crippen LogP contribution in [0.1, 0.15) is 23.2 Å². The van der Waals surface area contributed by atoms with Gasteiger partial charge in [-0.25, -0.2) is 4.98 Å². The molecule has 1 N–H and O–H groups in total. The molecule has 0 saturated carbocycles. The van der Waals surface area contributed by atoms with E-state index in [-0.39, 0.29) is 5.91 Å². The van der Waals surface area contributed by atoms with Crippen LogP contribution in [0.25, 0.3) is 22.2 Å². The Hall–Kier alpha value is -3.73. The molecule has 0 aliphatic carbocycles. The lowest BCUT2D eigenvalue weighted by atomic mass is 10.0. The number of nitrogens with zero attached hydrogens (tertiary/aromatic N) is 3. The molecule has 0 unspecified atom stereocenters. The van der Waals surface area contributed by atoms with Crippen molar-refractivity contribution in [3.63, 3.8) is 0 Å². The summed E-state index contributed by atoms with van der Waals surface area (Å²) in [6.45, 7) is 1.59. The molecule has 0 atom stereocenters. The van der Waals surface area contributed by atoms with Crippen molar-refractivity contribution < 1.29 is 4.79 Å². The molecule has 0 aliphatic rings. The molecule has 2 aromatic carbocycles. The number of benzene rings is 2. The molecule has 0 fully saturated rings. The molecular weight excluding hydrogens is 384 g/mol. The van der Waals surface area contributed by atoms with Crippen molar-refractivity contribution in [1.29, 1.82) is 0 Å². The van der Waals surface area contributed by atoms with Crippen molar-refractivity contribution in [2.24, 2.45) is 0 Å². The third-order valence-corrected chi connectivity index (χ3v) is 5.32. The van der Waals surface area contributed by atoms with Crippen molar-refractivity contribution in [3.05, 3.63) is 90.8 Å². The van der Waals surface area contributed by atoms with Gasteiger partial charge in [-0.3, -0.25) is 9.78 Å². The molecule has 5 nitrogen and oxygen atoms in total. The molecule has 5 heteroatoms. The number of fused-ring (bicyclic) bond motifs is 1. The zero-order chi connectivity index (χ0) is 21.5. The van der Waals surface area contributed by atoms with Gasteiger partial charge in [-0.15, -0.1) is 0 Å². The topological polar surface area (TPSA) is 58.1 Å². The van der Waals surface area contributed by atoms with Crippen LogP contribution in [0, 0.1) is 0 Å². The largest absolute Gasteiger partial charge is 0.375 e. The summed E-state index contributed by atoms with van der Waals surface area (Å²) >= 11 is 0. The molecule has 0 radical (unpaired) electrons. The number of carbonyl (C=O) groups excluding carboxylic acids is 1. The summed E-state index contributed by atoms with van der Waals surface area (Å²) in [6, 6.07) is 23.8.